The van der Waals surface area contributed by atoms with Gasteiger partial charge in [0.25, 0.3) is 0 Å². The summed E-state index contributed by atoms with van der Waals surface area (Å²) in [5, 5.41) is 7.84. The highest BCUT2D eigenvalue weighted by Crippen LogP contribution is 2.20. The molecule has 5 nitrogen and oxygen atoms in total. The van der Waals surface area contributed by atoms with Gasteiger partial charge in [-0.2, -0.15) is 0 Å². The van der Waals surface area contributed by atoms with E-state index < -0.39 is 10.0 Å². The molecular weight excluding hydrogens is 331 g/mol. The van der Waals surface area contributed by atoms with E-state index in [1.807, 2.05) is 6.92 Å². The second-order valence-electron chi connectivity index (χ2n) is 5.40. The molecule has 0 aliphatic heterocycles. The van der Waals surface area contributed by atoms with Gasteiger partial charge in [0.15, 0.2) is 0 Å². The summed E-state index contributed by atoms with van der Waals surface area (Å²) in [5.41, 5.74) is 1.67. The van der Waals surface area contributed by atoms with E-state index in [4.69, 9.17) is 5.14 Å². The molecule has 1 amide bonds. The number of hydrogen-bond donors (Lipinski definition) is 2. The van der Waals surface area contributed by atoms with Crippen molar-refractivity contribution in [1.82, 2.24) is 0 Å². The van der Waals surface area contributed by atoms with Crippen molar-refractivity contribution in [1.29, 1.82) is 0 Å². The molecule has 0 aromatic heterocycles. The number of carbonyl (C=O) groups is 1. The van der Waals surface area contributed by atoms with Crippen LogP contribution in [-0.2, 0) is 27.7 Å². The molecule has 24 heavy (non-hydrogen) atoms. The summed E-state index contributed by atoms with van der Waals surface area (Å²) in [6, 6.07) is 10.7. The van der Waals surface area contributed by atoms with Crippen LogP contribution in [0.5, 0.6) is 0 Å². The third kappa shape index (κ3) is 4.87. The van der Waals surface area contributed by atoms with Gasteiger partial charge in [-0.15, -0.1) is 0 Å². The summed E-state index contributed by atoms with van der Waals surface area (Å²) in [5.74, 6) is -0.635. The number of hydrogen-bond acceptors (Lipinski definition) is 3. The Morgan fingerprint density at radius 1 is 1.21 bits per heavy atom. The number of rotatable bonds is 6. The first-order valence-corrected chi connectivity index (χ1v) is 9.04. The van der Waals surface area contributed by atoms with Crippen LogP contribution >= 0.6 is 0 Å². The van der Waals surface area contributed by atoms with Crippen molar-refractivity contribution in [2.75, 3.05) is 5.32 Å². The third-order valence-corrected chi connectivity index (χ3v) is 4.56. The van der Waals surface area contributed by atoms with Crippen molar-refractivity contribution in [3.05, 3.63) is 59.4 Å². The molecule has 0 saturated carbocycles. The van der Waals surface area contributed by atoms with Crippen molar-refractivity contribution in [3.8, 4) is 0 Å². The Bertz CT molecular complexity index is 851. The molecule has 0 saturated heterocycles. The van der Waals surface area contributed by atoms with E-state index in [1.165, 1.54) is 18.2 Å². The lowest BCUT2D eigenvalue weighted by Gasteiger charge is -2.10. The molecule has 2 aromatic rings. The monoisotopic (exact) mass is 350 g/mol. The maximum absolute atomic E-state index is 13.1. The number of carbonyl (C=O) groups excluding carboxylic acids is 1. The minimum absolute atomic E-state index is 0.00734. The number of anilines is 1. The maximum Gasteiger partial charge on any atom is 0.238 e. The molecule has 3 N–H and O–H groups in total. The molecule has 0 aliphatic carbocycles. The molecule has 0 heterocycles. The van der Waals surface area contributed by atoms with E-state index in [0.717, 1.165) is 5.56 Å². The van der Waals surface area contributed by atoms with Crippen LogP contribution in [0.1, 0.15) is 24.5 Å². The van der Waals surface area contributed by atoms with Gasteiger partial charge in [-0.05, 0) is 48.2 Å². The fourth-order valence-electron chi connectivity index (χ4n) is 2.36. The van der Waals surface area contributed by atoms with Crippen molar-refractivity contribution in [3.63, 3.8) is 0 Å². The topological polar surface area (TPSA) is 89.3 Å². The molecule has 0 radical (unpaired) electrons. The summed E-state index contributed by atoms with van der Waals surface area (Å²) in [4.78, 5) is 12.0. The number of halogens is 1. The third-order valence-electron chi connectivity index (χ3n) is 3.57. The fourth-order valence-corrected chi connectivity index (χ4v) is 3.23. The Hall–Kier alpha value is -2.25. The van der Waals surface area contributed by atoms with E-state index in [9.17, 15) is 17.6 Å². The number of primary sulfonamides is 1. The molecule has 0 aliphatic rings. The summed E-state index contributed by atoms with van der Waals surface area (Å²) >= 11 is 0. The summed E-state index contributed by atoms with van der Waals surface area (Å²) in [7, 11) is -3.86. The zero-order valence-corrected chi connectivity index (χ0v) is 14.1. The molecule has 128 valence electrons. The van der Waals surface area contributed by atoms with Gasteiger partial charge >= 0.3 is 0 Å². The smallest absolute Gasteiger partial charge is 0.238 e. The summed E-state index contributed by atoms with van der Waals surface area (Å²) in [6.45, 7) is 1.82. The van der Waals surface area contributed by atoms with Crippen molar-refractivity contribution < 1.29 is 17.6 Å². The minimum atomic E-state index is -3.86. The van der Waals surface area contributed by atoms with Gasteiger partial charge in [0.05, 0.1) is 4.90 Å². The first kappa shape index (κ1) is 18.1. The molecule has 2 rings (SSSR count). The first-order valence-electron chi connectivity index (χ1n) is 7.49. The number of nitrogens with one attached hydrogen (secondary N) is 1. The SMILES string of the molecule is CCc1ccc(NC(=O)CCc2cccc(F)c2)cc1S(N)(=O)=O. The largest absolute Gasteiger partial charge is 0.326 e. The number of sulfonamides is 1. The second kappa shape index (κ2) is 7.55. The van der Waals surface area contributed by atoms with Crippen LogP contribution in [0.4, 0.5) is 10.1 Å². The lowest BCUT2D eigenvalue weighted by Crippen LogP contribution is -2.16. The fraction of sp³-hybridized carbons (Fsp3) is 0.235. The highest BCUT2D eigenvalue weighted by atomic mass is 32.2. The van der Waals surface area contributed by atoms with E-state index in [2.05, 4.69) is 5.32 Å². The van der Waals surface area contributed by atoms with Crippen LogP contribution < -0.4 is 10.5 Å². The zero-order valence-electron chi connectivity index (χ0n) is 13.3. The molecule has 0 fully saturated rings. The standard InChI is InChI=1S/C17H19FN2O3S/c1-2-13-7-8-15(11-16(13)24(19,22)23)20-17(21)9-6-12-4-3-5-14(18)10-12/h3-5,7-8,10-11H,2,6,9H2,1H3,(H,20,21)(H2,19,22,23). The Kier molecular flexibility index (Phi) is 5.69. The molecule has 0 bridgehead atoms. The Morgan fingerprint density at radius 3 is 2.58 bits per heavy atom. The van der Waals surface area contributed by atoms with Gasteiger partial charge in [-0.1, -0.05) is 25.1 Å². The lowest BCUT2D eigenvalue weighted by atomic mass is 10.1. The van der Waals surface area contributed by atoms with Crippen LogP contribution in [0.2, 0.25) is 0 Å². The Morgan fingerprint density at radius 2 is 1.96 bits per heavy atom. The van der Waals surface area contributed by atoms with Crippen LogP contribution in [0.15, 0.2) is 47.4 Å². The zero-order chi connectivity index (χ0) is 17.7. The average Bonchev–Trinajstić information content (AvgIpc) is 2.52. The number of aryl methyl sites for hydroxylation is 2. The molecular formula is C17H19FN2O3S. The van der Waals surface area contributed by atoms with Crippen LogP contribution in [0.3, 0.4) is 0 Å². The van der Waals surface area contributed by atoms with Gasteiger partial charge in [0.1, 0.15) is 5.82 Å². The predicted molar refractivity (Wildman–Crippen MR) is 90.5 cm³/mol. The summed E-state index contributed by atoms with van der Waals surface area (Å²) in [6.07, 6.45) is 1.06. The molecule has 0 spiro atoms. The second-order valence-corrected chi connectivity index (χ2v) is 6.93. The average molecular weight is 350 g/mol. The summed E-state index contributed by atoms with van der Waals surface area (Å²) < 4.78 is 36.3. The van der Waals surface area contributed by atoms with Gasteiger partial charge in [-0.3, -0.25) is 4.79 Å². The number of benzene rings is 2. The molecule has 0 unspecified atom stereocenters. The quantitative estimate of drug-likeness (QED) is 0.839. The van der Waals surface area contributed by atoms with Gasteiger partial charge in [0.2, 0.25) is 15.9 Å². The highest BCUT2D eigenvalue weighted by molar-refractivity contribution is 7.89. The first-order chi connectivity index (χ1) is 11.3. The van der Waals surface area contributed by atoms with E-state index in [1.54, 1.807) is 24.3 Å². The van der Waals surface area contributed by atoms with Crippen molar-refractivity contribution >= 4 is 21.6 Å². The van der Waals surface area contributed by atoms with E-state index in [-0.39, 0.29) is 23.0 Å². The Labute approximate surface area is 140 Å². The minimum Gasteiger partial charge on any atom is -0.326 e. The molecule has 7 heteroatoms. The highest BCUT2D eigenvalue weighted by Gasteiger charge is 2.14. The lowest BCUT2D eigenvalue weighted by molar-refractivity contribution is -0.116. The van der Waals surface area contributed by atoms with E-state index >= 15 is 0 Å². The van der Waals surface area contributed by atoms with Gasteiger partial charge in [0, 0.05) is 12.1 Å². The molecule has 0 atom stereocenters. The van der Waals surface area contributed by atoms with Crippen molar-refractivity contribution in [2.45, 2.75) is 31.1 Å². The normalized spacial score (nSPS) is 11.3. The Balaban J connectivity index is 2.06. The molecule has 2 aromatic carbocycles. The van der Waals surface area contributed by atoms with Gasteiger partial charge < -0.3 is 5.32 Å². The van der Waals surface area contributed by atoms with Crippen LogP contribution in [-0.4, -0.2) is 14.3 Å². The number of nitrogens with two attached hydrogens (primary N) is 1. The van der Waals surface area contributed by atoms with Crippen LogP contribution in [0.25, 0.3) is 0 Å². The predicted octanol–water partition coefficient (Wildman–Crippen LogP) is 2.61. The van der Waals surface area contributed by atoms with Crippen molar-refractivity contribution in [2.24, 2.45) is 5.14 Å². The van der Waals surface area contributed by atoms with Crippen LogP contribution in [0, 0.1) is 5.82 Å². The number of amides is 1. The maximum atomic E-state index is 13.1. The van der Waals surface area contributed by atoms with E-state index in [0.29, 0.717) is 24.1 Å². The van der Waals surface area contributed by atoms with Gasteiger partial charge in [-0.25, -0.2) is 17.9 Å².